The number of halogens is 1. The number of hydrogen-bond acceptors (Lipinski definition) is 7. The number of rotatable bonds is 1. The number of likely N-dealkylation sites (tertiary alicyclic amines) is 1. The predicted octanol–water partition coefficient (Wildman–Crippen LogP) is 4.07. The summed E-state index contributed by atoms with van der Waals surface area (Å²) in [5.41, 5.74) is 5.40. The van der Waals surface area contributed by atoms with Crippen LogP contribution in [-0.4, -0.2) is 49.8 Å². The molecule has 1 aromatic carbocycles. The van der Waals surface area contributed by atoms with Gasteiger partial charge in [-0.2, -0.15) is 0 Å². The number of pyridine rings is 2. The summed E-state index contributed by atoms with van der Waals surface area (Å²) in [4.78, 5) is 32.5. The lowest BCUT2D eigenvalue weighted by atomic mass is 9.81. The average molecular weight is 538 g/mol. The van der Waals surface area contributed by atoms with Crippen LogP contribution in [0.1, 0.15) is 86.1 Å². The van der Waals surface area contributed by atoms with Crippen LogP contribution in [0.4, 0.5) is 4.39 Å². The number of aliphatic hydroxyl groups is 2. The molecule has 0 saturated carbocycles. The number of β-amino-alcohol motifs (C(OH)–C–C–N with tert-alkyl or cyclic N) is 1. The van der Waals surface area contributed by atoms with Crippen molar-refractivity contribution in [3.05, 3.63) is 61.7 Å². The summed E-state index contributed by atoms with van der Waals surface area (Å²) in [6, 6.07) is 3.14. The second kappa shape index (κ2) is 10.4. The first-order chi connectivity index (χ1) is 18.8. The summed E-state index contributed by atoms with van der Waals surface area (Å²) in [5, 5.41) is 21.6. The summed E-state index contributed by atoms with van der Waals surface area (Å²) >= 11 is 0. The number of hydrogen-bond donors (Lipinski definition) is 2. The molecule has 208 valence electrons. The Bertz CT molecular complexity index is 1530. The summed E-state index contributed by atoms with van der Waals surface area (Å²) < 4.78 is 21.5. The van der Waals surface area contributed by atoms with Crippen molar-refractivity contribution in [2.75, 3.05) is 13.1 Å². The lowest BCUT2D eigenvalue weighted by molar-refractivity contribution is -0.157. The van der Waals surface area contributed by atoms with Gasteiger partial charge in [-0.15, -0.1) is 0 Å². The van der Waals surface area contributed by atoms with Crippen LogP contribution in [0.3, 0.4) is 0 Å². The van der Waals surface area contributed by atoms with Gasteiger partial charge in [0.05, 0.1) is 35.1 Å². The standard InChI is InChI=1S/C26H24FN3O5.2C2H6/c1-11-13-2-3-19(29-5-4-12(31)8-29)22-15-9-30-20(23(15)28-18(21(13)22)7-17(11)27)6-14-16(25(30)33)10-35-26(34)24(14)32;2*1-2/h6-7,12,19,24,31-32H,2-5,8-10H2,1H3;2*1-2H3. The second-order valence-corrected chi connectivity index (χ2v) is 10.1. The molecule has 0 bridgehead atoms. The van der Waals surface area contributed by atoms with E-state index in [1.807, 2.05) is 27.7 Å². The van der Waals surface area contributed by atoms with Gasteiger partial charge in [-0.3, -0.25) is 9.69 Å². The van der Waals surface area contributed by atoms with Gasteiger partial charge >= 0.3 is 5.97 Å². The number of aryl methyl sites for hydroxylation is 1. The Morgan fingerprint density at radius 1 is 1.05 bits per heavy atom. The van der Waals surface area contributed by atoms with Crippen molar-refractivity contribution < 1.29 is 24.1 Å². The summed E-state index contributed by atoms with van der Waals surface area (Å²) in [6.07, 6.45) is 0.323. The van der Waals surface area contributed by atoms with Crippen LogP contribution >= 0.6 is 0 Å². The topological polar surface area (TPSA) is 105 Å². The lowest BCUT2D eigenvalue weighted by Gasteiger charge is -2.35. The molecule has 0 spiro atoms. The third-order valence-corrected chi connectivity index (χ3v) is 8.25. The van der Waals surface area contributed by atoms with Crippen LogP contribution in [-0.2, 0) is 29.1 Å². The number of esters is 1. The Hall–Kier alpha value is -3.14. The van der Waals surface area contributed by atoms with Crippen molar-refractivity contribution in [2.24, 2.45) is 0 Å². The first-order valence-electron chi connectivity index (χ1n) is 14.0. The van der Waals surface area contributed by atoms with Crippen LogP contribution < -0.4 is 5.56 Å². The van der Waals surface area contributed by atoms with Crippen LogP contribution in [0.25, 0.3) is 22.3 Å². The highest BCUT2D eigenvalue weighted by molar-refractivity contribution is 5.93. The molecule has 0 radical (unpaired) electrons. The number of carbonyl (C=O) groups is 1. The SMILES string of the molecule is CC.CC.Cc1c(F)cc2nc3c(c4c2c1CCC4N1CCC(O)C1)Cn1c-3cc2c(c1=O)COC(=O)C2O. The monoisotopic (exact) mass is 537 g/mol. The van der Waals surface area contributed by atoms with Crippen molar-refractivity contribution in [3.63, 3.8) is 0 Å². The number of fused-ring (bicyclic) bond motifs is 5. The molecule has 5 heterocycles. The van der Waals surface area contributed by atoms with Gasteiger partial charge in [0, 0.05) is 41.7 Å². The largest absolute Gasteiger partial charge is 0.458 e. The van der Waals surface area contributed by atoms with Crippen LogP contribution in [0.5, 0.6) is 0 Å². The van der Waals surface area contributed by atoms with Crippen molar-refractivity contribution in [1.29, 1.82) is 0 Å². The van der Waals surface area contributed by atoms with Crippen molar-refractivity contribution >= 4 is 16.9 Å². The fourth-order valence-corrected chi connectivity index (χ4v) is 6.49. The maximum absolute atomic E-state index is 14.9. The minimum Gasteiger partial charge on any atom is -0.458 e. The molecule has 3 aromatic rings. The first kappa shape index (κ1) is 27.4. The molecule has 3 aliphatic heterocycles. The number of nitrogens with zero attached hydrogens (tertiary/aromatic N) is 3. The number of aliphatic hydroxyl groups excluding tert-OH is 2. The molecule has 3 atom stereocenters. The van der Waals surface area contributed by atoms with Gasteiger partial charge in [0.25, 0.3) is 5.56 Å². The van der Waals surface area contributed by atoms with E-state index < -0.39 is 12.1 Å². The van der Waals surface area contributed by atoms with Gasteiger partial charge in [0.1, 0.15) is 12.4 Å². The normalized spacial score (nSPS) is 22.7. The van der Waals surface area contributed by atoms with Gasteiger partial charge in [-0.1, -0.05) is 27.7 Å². The molecule has 0 amide bonds. The zero-order chi connectivity index (χ0) is 28.2. The van der Waals surface area contributed by atoms with E-state index in [1.165, 1.54) is 6.07 Å². The highest BCUT2D eigenvalue weighted by Crippen LogP contribution is 2.47. The van der Waals surface area contributed by atoms with Gasteiger partial charge in [-0.05, 0) is 48.9 Å². The van der Waals surface area contributed by atoms with Crippen LogP contribution in [0, 0.1) is 12.7 Å². The quantitative estimate of drug-likeness (QED) is 0.353. The van der Waals surface area contributed by atoms with Gasteiger partial charge < -0.3 is 19.5 Å². The fraction of sp³-hybridized carbons (Fsp3) is 0.500. The molecule has 7 rings (SSSR count). The van der Waals surface area contributed by atoms with E-state index in [0.29, 0.717) is 42.0 Å². The zero-order valence-electron chi connectivity index (χ0n) is 23.2. The maximum Gasteiger partial charge on any atom is 0.340 e. The molecule has 9 heteroatoms. The molecule has 1 saturated heterocycles. The van der Waals surface area contributed by atoms with E-state index in [-0.39, 0.29) is 41.3 Å². The van der Waals surface area contributed by atoms with E-state index >= 15 is 0 Å². The third-order valence-electron chi connectivity index (χ3n) is 8.25. The smallest absolute Gasteiger partial charge is 0.340 e. The third kappa shape index (κ3) is 4.10. The van der Waals surface area contributed by atoms with E-state index in [9.17, 15) is 24.2 Å². The number of benzene rings is 1. The van der Waals surface area contributed by atoms with Gasteiger partial charge in [0.2, 0.25) is 0 Å². The first-order valence-corrected chi connectivity index (χ1v) is 14.0. The fourth-order valence-electron chi connectivity index (χ4n) is 6.49. The molecule has 2 N–H and O–H groups in total. The number of aromatic nitrogens is 2. The number of cyclic esters (lactones) is 1. The summed E-state index contributed by atoms with van der Waals surface area (Å²) in [6.45, 7) is 11.3. The Morgan fingerprint density at radius 3 is 2.49 bits per heavy atom. The summed E-state index contributed by atoms with van der Waals surface area (Å²) in [7, 11) is 0. The van der Waals surface area contributed by atoms with Gasteiger partial charge in [-0.25, -0.2) is 14.2 Å². The van der Waals surface area contributed by atoms with Crippen LogP contribution in [0.15, 0.2) is 16.9 Å². The van der Waals surface area contributed by atoms with E-state index in [2.05, 4.69) is 4.90 Å². The van der Waals surface area contributed by atoms with Crippen LogP contribution in [0.2, 0.25) is 0 Å². The molecule has 2 aromatic heterocycles. The highest BCUT2D eigenvalue weighted by atomic mass is 19.1. The molecule has 4 aliphatic rings. The average Bonchev–Trinajstić information content (AvgIpc) is 3.55. The zero-order valence-corrected chi connectivity index (χ0v) is 23.2. The molecular weight excluding hydrogens is 501 g/mol. The van der Waals surface area contributed by atoms with Crippen molar-refractivity contribution in [1.82, 2.24) is 14.5 Å². The Balaban J connectivity index is 0.000000738. The summed E-state index contributed by atoms with van der Waals surface area (Å²) in [5.74, 6) is -1.09. The van der Waals surface area contributed by atoms with E-state index in [4.69, 9.17) is 9.72 Å². The lowest BCUT2D eigenvalue weighted by Crippen LogP contribution is -2.33. The minimum absolute atomic E-state index is 0.0268. The number of ether oxygens (including phenoxy) is 1. The van der Waals surface area contributed by atoms with Crippen molar-refractivity contribution in [2.45, 2.75) is 85.3 Å². The highest BCUT2D eigenvalue weighted by Gasteiger charge is 2.39. The molecule has 39 heavy (non-hydrogen) atoms. The van der Waals surface area contributed by atoms with E-state index in [1.54, 1.807) is 17.6 Å². The molecule has 1 aliphatic carbocycles. The second-order valence-electron chi connectivity index (χ2n) is 10.1. The van der Waals surface area contributed by atoms with Crippen molar-refractivity contribution in [3.8, 4) is 11.4 Å². The molecule has 1 fully saturated rings. The Labute approximate surface area is 227 Å². The Morgan fingerprint density at radius 2 is 1.79 bits per heavy atom. The predicted molar refractivity (Wildman–Crippen MR) is 146 cm³/mol. The molecular formula is C30H36FN3O5. The number of carbonyl (C=O) groups excluding carboxylic acids is 1. The maximum atomic E-state index is 14.9. The minimum atomic E-state index is -1.52. The molecule has 8 nitrogen and oxygen atoms in total. The van der Waals surface area contributed by atoms with E-state index in [0.717, 1.165) is 41.5 Å². The van der Waals surface area contributed by atoms with Gasteiger partial charge in [0.15, 0.2) is 6.10 Å². The Kier molecular flexibility index (Phi) is 7.35. The molecule has 3 unspecified atom stereocenters.